The molecule has 0 saturated carbocycles. The zero-order valence-electron chi connectivity index (χ0n) is 28.9. The highest BCUT2D eigenvalue weighted by Gasteiger charge is 2.52. The summed E-state index contributed by atoms with van der Waals surface area (Å²) in [4.78, 5) is 43.4. The first-order valence-corrected chi connectivity index (χ1v) is 16.7. The molecule has 0 aliphatic carbocycles. The van der Waals surface area contributed by atoms with Crippen LogP contribution in [0.15, 0.2) is 108 Å². The van der Waals surface area contributed by atoms with E-state index < -0.39 is 17.4 Å². The first-order valence-electron chi connectivity index (χ1n) is 16.7. The number of anilines is 3. The van der Waals surface area contributed by atoms with Gasteiger partial charge in [-0.3, -0.25) is 14.4 Å². The van der Waals surface area contributed by atoms with Crippen LogP contribution >= 0.6 is 0 Å². The number of amides is 3. The van der Waals surface area contributed by atoms with E-state index >= 15 is 0 Å². The van der Waals surface area contributed by atoms with Crippen LogP contribution in [0.1, 0.15) is 68.4 Å². The summed E-state index contributed by atoms with van der Waals surface area (Å²) >= 11 is 0. The van der Waals surface area contributed by atoms with Crippen LogP contribution in [0.5, 0.6) is 0 Å². The number of nitrogens with two attached hydrogens (primary N) is 1. The molecular weight excluding hydrogens is 616 g/mol. The van der Waals surface area contributed by atoms with Gasteiger partial charge in [-0.1, -0.05) is 72.7 Å². The zero-order valence-corrected chi connectivity index (χ0v) is 28.9. The van der Waals surface area contributed by atoms with Crippen molar-refractivity contribution in [1.29, 1.82) is 0 Å². The highest BCUT2D eigenvalue weighted by molar-refractivity contribution is 6.09. The number of aliphatic hydroxyl groups is 2. The van der Waals surface area contributed by atoms with Crippen LogP contribution in [0.3, 0.4) is 0 Å². The number of carbonyl (C=O) groups excluding carboxylic acids is 3. The predicted molar refractivity (Wildman–Crippen MR) is 196 cm³/mol. The molecule has 258 valence electrons. The standard InChI is InChI=1S/C40H48N4O5/c1-28(2)10-8-11-29(3)22-23-44-36-21-20-34(42-38(47)32-16-18-33(41)19-17-32)26-35(36)40(49,39(44)48)30(4)12-9-15-37(46)43(24-25-45)27-31-13-6-5-7-14-31/h5-7,9-10,12-14,16-22,26,30,45,49H,8,11,15,23-25,27,41H2,1-4H3,(H,42,47)/b12-9+,29-22+/t30-,40+/m0/s1. The van der Waals surface area contributed by atoms with Crippen LogP contribution in [0.2, 0.25) is 0 Å². The van der Waals surface area contributed by atoms with Gasteiger partial charge in [0.15, 0.2) is 5.60 Å². The van der Waals surface area contributed by atoms with Gasteiger partial charge in [0, 0.05) is 54.5 Å². The highest BCUT2D eigenvalue weighted by Crippen LogP contribution is 2.46. The molecule has 3 aromatic rings. The summed E-state index contributed by atoms with van der Waals surface area (Å²) in [6, 6.07) is 21.2. The Labute approximate surface area is 289 Å². The van der Waals surface area contributed by atoms with Crippen molar-refractivity contribution in [3.8, 4) is 0 Å². The number of rotatable bonds is 15. The second-order valence-electron chi connectivity index (χ2n) is 12.8. The highest BCUT2D eigenvalue weighted by atomic mass is 16.3. The number of allylic oxidation sites excluding steroid dienone is 3. The van der Waals surface area contributed by atoms with Crippen LogP contribution in [-0.4, -0.2) is 52.5 Å². The lowest BCUT2D eigenvalue weighted by molar-refractivity contribution is -0.139. The molecule has 9 nitrogen and oxygen atoms in total. The number of hydrogen-bond donors (Lipinski definition) is 4. The Kier molecular flexibility index (Phi) is 12.7. The summed E-state index contributed by atoms with van der Waals surface area (Å²) in [5.41, 5.74) is 9.47. The first-order chi connectivity index (χ1) is 23.4. The van der Waals surface area contributed by atoms with Crippen LogP contribution < -0.4 is 16.0 Å². The lowest BCUT2D eigenvalue weighted by atomic mass is 9.82. The summed E-state index contributed by atoms with van der Waals surface area (Å²) in [7, 11) is 0. The summed E-state index contributed by atoms with van der Waals surface area (Å²) in [6.07, 6.45) is 9.31. The van der Waals surface area contributed by atoms with E-state index in [-0.39, 0.29) is 37.9 Å². The number of fused-ring (bicyclic) bond motifs is 1. The normalized spacial score (nSPS) is 16.4. The maximum atomic E-state index is 14.1. The number of carbonyl (C=O) groups is 3. The van der Waals surface area contributed by atoms with E-state index in [1.54, 1.807) is 71.3 Å². The number of hydrogen-bond acceptors (Lipinski definition) is 6. The lowest BCUT2D eigenvalue weighted by Crippen LogP contribution is -2.44. The summed E-state index contributed by atoms with van der Waals surface area (Å²) < 4.78 is 0. The van der Waals surface area contributed by atoms with E-state index in [2.05, 4.69) is 25.2 Å². The van der Waals surface area contributed by atoms with Crippen molar-refractivity contribution in [3.63, 3.8) is 0 Å². The quantitative estimate of drug-likeness (QED) is 0.110. The summed E-state index contributed by atoms with van der Waals surface area (Å²) in [6.45, 7) is 8.55. The molecule has 1 aliphatic rings. The van der Waals surface area contributed by atoms with Crippen LogP contribution in [0.4, 0.5) is 17.1 Å². The fourth-order valence-corrected chi connectivity index (χ4v) is 5.84. The molecule has 49 heavy (non-hydrogen) atoms. The Balaban J connectivity index is 1.59. The average molecular weight is 665 g/mol. The maximum Gasteiger partial charge on any atom is 0.264 e. The molecule has 4 rings (SSSR count). The summed E-state index contributed by atoms with van der Waals surface area (Å²) in [5.74, 6) is -1.74. The van der Waals surface area contributed by atoms with E-state index in [1.165, 1.54) is 5.57 Å². The second-order valence-corrected chi connectivity index (χ2v) is 12.8. The Bertz CT molecular complexity index is 1710. The molecule has 0 saturated heterocycles. The topological polar surface area (TPSA) is 136 Å². The van der Waals surface area contributed by atoms with Crippen molar-refractivity contribution in [2.75, 3.05) is 35.6 Å². The zero-order chi connectivity index (χ0) is 35.6. The fraction of sp³-hybridized carbons (Fsp3) is 0.325. The third-order valence-corrected chi connectivity index (χ3v) is 8.73. The Hall–Kier alpha value is -4.99. The van der Waals surface area contributed by atoms with Crippen molar-refractivity contribution in [1.82, 2.24) is 4.90 Å². The molecule has 5 N–H and O–H groups in total. The smallest absolute Gasteiger partial charge is 0.264 e. The van der Waals surface area contributed by atoms with E-state index in [9.17, 15) is 24.6 Å². The number of benzene rings is 3. The van der Waals surface area contributed by atoms with Gasteiger partial charge in [-0.25, -0.2) is 0 Å². The van der Waals surface area contributed by atoms with Gasteiger partial charge in [-0.2, -0.15) is 0 Å². The fourth-order valence-electron chi connectivity index (χ4n) is 5.84. The molecule has 2 atom stereocenters. The molecular formula is C40H48N4O5. The van der Waals surface area contributed by atoms with Crippen molar-refractivity contribution < 1.29 is 24.6 Å². The molecule has 0 unspecified atom stereocenters. The molecule has 0 spiro atoms. The average Bonchev–Trinajstić information content (AvgIpc) is 3.29. The van der Waals surface area contributed by atoms with E-state index in [1.807, 2.05) is 43.3 Å². The van der Waals surface area contributed by atoms with Gasteiger partial charge in [0.25, 0.3) is 11.8 Å². The first kappa shape index (κ1) is 36.8. The number of nitrogens with zero attached hydrogens (tertiary/aromatic N) is 2. The largest absolute Gasteiger partial charge is 0.399 e. The molecule has 0 radical (unpaired) electrons. The monoisotopic (exact) mass is 664 g/mol. The van der Waals surface area contributed by atoms with E-state index in [0.717, 1.165) is 24.0 Å². The lowest BCUT2D eigenvalue weighted by Gasteiger charge is -2.28. The van der Waals surface area contributed by atoms with Gasteiger partial charge < -0.3 is 31.1 Å². The van der Waals surface area contributed by atoms with E-state index in [4.69, 9.17) is 5.73 Å². The van der Waals surface area contributed by atoms with Crippen molar-refractivity contribution in [2.45, 2.75) is 59.1 Å². The Morgan fingerprint density at radius 3 is 2.41 bits per heavy atom. The van der Waals surface area contributed by atoms with Gasteiger partial charge in [0.2, 0.25) is 5.91 Å². The van der Waals surface area contributed by atoms with Gasteiger partial charge >= 0.3 is 0 Å². The van der Waals surface area contributed by atoms with E-state index in [0.29, 0.717) is 34.7 Å². The minimum absolute atomic E-state index is 0.0311. The second kappa shape index (κ2) is 16.9. The third-order valence-electron chi connectivity index (χ3n) is 8.73. The SMILES string of the molecule is CC(C)=CCC/C(C)=C/CN1C(=O)[C@@](O)([C@@H](C)/C=C/CC(=O)N(CCO)Cc2ccccc2)c2cc(NC(=O)c3ccc(N)cc3)ccc21. The minimum Gasteiger partial charge on any atom is -0.399 e. The van der Waals surface area contributed by atoms with Gasteiger partial charge in [-0.05, 0) is 81.6 Å². The number of nitrogens with one attached hydrogen (secondary N) is 1. The predicted octanol–water partition coefficient (Wildman–Crippen LogP) is 6.35. The molecule has 9 heteroatoms. The molecule has 0 bridgehead atoms. The van der Waals surface area contributed by atoms with Gasteiger partial charge in [-0.15, -0.1) is 0 Å². The molecule has 1 heterocycles. The summed E-state index contributed by atoms with van der Waals surface area (Å²) in [5, 5.41) is 24.7. The maximum absolute atomic E-state index is 14.1. The van der Waals surface area contributed by atoms with Crippen LogP contribution in [-0.2, 0) is 21.7 Å². The third kappa shape index (κ3) is 9.34. The van der Waals surface area contributed by atoms with Gasteiger partial charge in [0.05, 0.1) is 12.3 Å². The number of aliphatic hydroxyl groups excluding tert-OH is 1. The Morgan fingerprint density at radius 1 is 1.02 bits per heavy atom. The van der Waals surface area contributed by atoms with Gasteiger partial charge in [0.1, 0.15) is 0 Å². The molecule has 1 aliphatic heterocycles. The molecule has 3 amide bonds. The minimum atomic E-state index is -1.95. The van der Waals surface area contributed by atoms with Crippen LogP contribution in [0, 0.1) is 5.92 Å². The molecule has 0 aromatic heterocycles. The number of nitrogen functional groups attached to an aromatic ring is 1. The van der Waals surface area contributed by atoms with Crippen LogP contribution in [0.25, 0.3) is 0 Å². The van der Waals surface area contributed by atoms with Crippen molar-refractivity contribution >= 4 is 34.8 Å². The molecule has 0 fully saturated rings. The Morgan fingerprint density at radius 2 is 1.73 bits per heavy atom. The van der Waals surface area contributed by atoms with Crippen molar-refractivity contribution in [3.05, 3.63) is 125 Å². The molecule has 3 aromatic carbocycles. The van der Waals surface area contributed by atoms with Crippen molar-refractivity contribution in [2.24, 2.45) is 5.92 Å².